The van der Waals surface area contributed by atoms with Crippen molar-refractivity contribution < 1.29 is 13.2 Å². The number of anilines is 2. The first-order valence-corrected chi connectivity index (χ1v) is 12.1. The third-order valence-electron chi connectivity index (χ3n) is 5.90. The van der Waals surface area contributed by atoms with E-state index in [9.17, 15) is 13.2 Å². The Hall–Kier alpha value is -3.32. The predicted molar refractivity (Wildman–Crippen MR) is 128 cm³/mol. The lowest BCUT2D eigenvalue weighted by Crippen LogP contribution is -2.49. The number of rotatable bonds is 5. The van der Waals surface area contributed by atoms with E-state index in [4.69, 9.17) is 0 Å². The maximum atomic E-state index is 13.1. The zero-order valence-electron chi connectivity index (χ0n) is 18.3. The first-order chi connectivity index (χ1) is 15.3. The van der Waals surface area contributed by atoms with E-state index in [0.29, 0.717) is 24.3 Å². The molecule has 1 heterocycles. The number of carbonyl (C=O) groups is 1. The van der Waals surface area contributed by atoms with Crippen molar-refractivity contribution in [3.63, 3.8) is 0 Å². The van der Waals surface area contributed by atoms with Gasteiger partial charge in [-0.2, -0.15) is 0 Å². The number of aryl methyl sites for hydroxylation is 1. The lowest BCUT2D eigenvalue weighted by atomic mass is 10.1. The first-order valence-electron chi connectivity index (χ1n) is 10.6. The van der Waals surface area contributed by atoms with Crippen LogP contribution in [-0.4, -0.2) is 45.4 Å². The number of nitrogens with one attached hydrogen (secondary N) is 1. The van der Waals surface area contributed by atoms with Gasteiger partial charge in [0.2, 0.25) is 0 Å². The van der Waals surface area contributed by atoms with E-state index < -0.39 is 10.0 Å². The summed E-state index contributed by atoms with van der Waals surface area (Å²) in [5.74, 6) is -0.151. The molecule has 0 unspecified atom stereocenters. The number of para-hydroxylation sites is 1. The van der Waals surface area contributed by atoms with Crippen LogP contribution in [0.3, 0.4) is 0 Å². The van der Waals surface area contributed by atoms with Crippen LogP contribution in [0.4, 0.5) is 11.4 Å². The minimum Gasteiger partial charge on any atom is -0.368 e. The lowest BCUT2D eigenvalue weighted by molar-refractivity contribution is 0.0746. The molecular formula is C25H27N3O3S. The summed E-state index contributed by atoms with van der Waals surface area (Å²) in [5, 5.41) is 0. The molecule has 1 saturated heterocycles. The molecule has 6 nitrogen and oxygen atoms in total. The normalized spacial score (nSPS) is 14.3. The Kier molecular flexibility index (Phi) is 6.19. The van der Waals surface area contributed by atoms with Gasteiger partial charge in [-0.05, 0) is 61.4 Å². The van der Waals surface area contributed by atoms with Crippen LogP contribution in [0.15, 0.2) is 77.7 Å². The van der Waals surface area contributed by atoms with Crippen molar-refractivity contribution in [2.75, 3.05) is 35.8 Å². The topological polar surface area (TPSA) is 69.7 Å². The number of piperazine rings is 1. The highest BCUT2D eigenvalue weighted by Crippen LogP contribution is 2.24. The van der Waals surface area contributed by atoms with Crippen molar-refractivity contribution in [3.8, 4) is 0 Å². The maximum Gasteiger partial charge on any atom is 0.261 e. The monoisotopic (exact) mass is 449 g/mol. The summed E-state index contributed by atoms with van der Waals surface area (Å²) in [5.41, 5.74) is 4.57. The summed E-state index contributed by atoms with van der Waals surface area (Å²) in [6.07, 6.45) is 0. The summed E-state index contributed by atoms with van der Waals surface area (Å²) in [4.78, 5) is 17.3. The SMILES string of the molecule is Cc1cccc(N2CCN(C(=O)c3cccc(S(=O)(=O)Nc4ccccc4)c3)CC2)c1C. The standard InChI is InChI=1S/C25H27N3O3S/c1-19-8-6-13-24(20(19)2)27-14-16-28(17-15-27)25(29)21-9-7-12-23(18-21)32(30,31)26-22-10-4-3-5-11-22/h3-13,18,26H,14-17H2,1-2H3. The predicted octanol–water partition coefficient (Wildman–Crippen LogP) is 4.07. The number of sulfonamides is 1. The summed E-state index contributed by atoms with van der Waals surface area (Å²) in [6, 6.07) is 21.2. The van der Waals surface area contributed by atoms with E-state index >= 15 is 0 Å². The Bertz CT molecular complexity index is 1220. The number of benzene rings is 3. The number of nitrogens with zero attached hydrogens (tertiary/aromatic N) is 2. The van der Waals surface area contributed by atoms with Crippen molar-refractivity contribution in [1.29, 1.82) is 0 Å². The van der Waals surface area contributed by atoms with E-state index in [0.717, 1.165) is 13.1 Å². The van der Waals surface area contributed by atoms with Gasteiger partial charge in [0.1, 0.15) is 0 Å². The molecule has 0 aliphatic carbocycles. The van der Waals surface area contributed by atoms with E-state index in [1.807, 2.05) is 6.07 Å². The maximum absolute atomic E-state index is 13.1. The zero-order chi connectivity index (χ0) is 22.7. The van der Waals surface area contributed by atoms with E-state index in [-0.39, 0.29) is 10.8 Å². The van der Waals surface area contributed by atoms with Gasteiger partial charge in [0, 0.05) is 43.1 Å². The molecule has 0 spiro atoms. The molecule has 0 radical (unpaired) electrons. The van der Waals surface area contributed by atoms with Gasteiger partial charge in [-0.3, -0.25) is 9.52 Å². The Balaban J connectivity index is 1.46. The van der Waals surface area contributed by atoms with Crippen molar-refractivity contribution in [2.24, 2.45) is 0 Å². The van der Waals surface area contributed by atoms with Crippen LogP contribution in [0.1, 0.15) is 21.5 Å². The Labute approximate surface area is 189 Å². The fraction of sp³-hybridized carbons (Fsp3) is 0.240. The quantitative estimate of drug-likeness (QED) is 0.638. The van der Waals surface area contributed by atoms with Crippen molar-refractivity contribution in [2.45, 2.75) is 18.7 Å². The molecule has 166 valence electrons. The molecular weight excluding hydrogens is 422 g/mol. The molecule has 0 saturated carbocycles. The third kappa shape index (κ3) is 4.62. The highest BCUT2D eigenvalue weighted by molar-refractivity contribution is 7.92. The second-order valence-electron chi connectivity index (χ2n) is 8.00. The van der Waals surface area contributed by atoms with Gasteiger partial charge in [-0.15, -0.1) is 0 Å². The molecule has 0 aromatic heterocycles. The number of amides is 1. The van der Waals surface area contributed by atoms with Gasteiger partial charge in [-0.25, -0.2) is 8.42 Å². The minimum atomic E-state index is -3.78. The summed E-state index contributed by atoms with van der Waals surface area (Å²) in [7, 11) is -3.78. The largest absolute Gasteiger partial charge is 0.368 e. The van der Waals surface area contributed by atoms with Crippen LogP contribution in [-0.2, 0) is 10.0 Å². The van der Waals surface area contributed by atoms with Gasteiger partial charge in [0.05, 0.1) is 4.90 Å². The molecule has 1 fully saturated rings. The molecule has 32 heavy (non-hydrogen) atoms. The molecule has 1 N–H and O–H groups in total. The lowest BCUT2D eigenvalue weighted by Gasteiger charge is -2.37. The first kappa shape index (κ1) is 21.9. The molecule has 3 aromatic carbocycles. The smallest absolute Gasteiger partial charge is 0.261 e. The van der Waals surface area contributed by atoms with Crippen LogP contribution in [0, 0.1) is 13.8 Å². The van der Waals surface area contributed by atoms with Crippen LogP contribution in [0.5, 0.6) is 0 Å². The van der Waals surface area contributed by atoms with Crippen molar-refractivity contribution in [1.82, 2.24) is 4.90 Å². The summed E-state index contributed by atoms with van der Waals surface area (Å²) in [6.45, 7) is 6.88. The van der Waals surface area contributed by atoms with Crippen molar-refractivity contribution in [3.05, 3.63) is 89.5 Å². The third-order valence-corrected chi connectivity index (χ3v) is 7.28. The van der Waals surface area contributed by atoms with E-state index in [1.165, 1.54) is 28.9 Å². The van der Waals surface area contributed by atoms with Gasteiger partial charge in [-0.1, -0.05) is 36.4 Å². The molecule has 1 aliphatic rings. The zero-order valence-corrected chi connectivity index (χ0v) is 19.1. The highest BCUT2D eigenvalue weighted by Gasteiger charge is 2.24. The Morgan fingerprint density at radius 2 is 1.53 bits per heavy atom. The number of hydrogen-bond acceptors (Lipinski definition) is 4. The summed E-state index contributed by atoms with van der Waals surface area (Å²) >= 11 is 0. The molecule has 0 bridgehead atoms. The molecule has 1 aliphatic heterocycles. The average Bonchev–Trinajstić information content (AvgIpc) is 2.81. The van der Waals surface area contributed by atoms with Crippen LogP contribution < -0.4 is 9.62 Å². The number of carbonyl (C=O) groups excluding carboxylic acids is 1. The Morgan fingerprint density at radius 1 is 0.844 bits per heavy atom. The van der Waals surface area contributed by atoms with E-state index in [2.05, 4.69) is 41.7 Å². The fourth-order valence-electron chi connectivity index (χ4n) is 3.93. The second-order valence-corrected chi connectivity index (χ2v) is 9.68. The molecule has 7 heteroatoms. The van der Waals surface area contributed by atoms with Crippen LogP contribution >= 0.6 is 0 Å². The molecule has 3 aromatic rings. The highest BCUT2D eigenvalue weighted by atomic mass is 32.2. The Morgan fingerprint density at radius 3 is 2.25 bits per heavy atom. The van der Waals surface area contributed by atoms with E-state index in [1.54, 1.807) is 41.3 Å². The van der Waals surface area contributed by atoms with Gasteiger partial charge >= 0.3 is 0 Å². The molecule has 0 atom stereocenters. The van der Waals surface area contributed by atoms with Gasteiger partial charge < -0.3 is 9.80 Å². The second kappa shape index (κ2) is 9.04. The molecule has 1 amide bonds. The van der Waals surface area contributed by atoms with Gasteiger partial charge in [0.15, 0.2) is 0 Å². The van der Waals surface area contributed by atoms with Crippen molar-refractivity contribution >= 4 is 27.3 Å². The average molecular weight is 450 g/mol. The van der Waals surface area contributed by atoms with Crippen LogP contribution in [0.2, 0.25) is 0 Å². The minimum absolute atomic E-state index is 0.0706. The van der Waals surface area contributed by atoms with Crippen LogP contribution in [0.25, 0.3) is 0 Å². The van der Waals surface area contributed by atoms with Gasteiger partial charge in [0.25, 0.3) is 15.9 Å². The fourth-order valence-corrected chi connectivity index (χ4v) is 5.03. The number of hydrogen-bond donors (Lipinski definition) is 1. The molecule has 4 rings (SSSR count). The summed E-state index contributed by atoms with van der Waals surface area (Å²) < 4.78 is 28.1.